The standard InChI is InChI=1S/C10H12O4/c1-6-8(14-2)4-3-7(10(6)13)5-9(11)12/h3-4,13H,5H2,1-2H3,(H,11,12). The second kappa shape index (κ2) is 4.00. The summed E-state index contributed by atoms with van der Waals surface area (Å²) in [6.07, 6.45) is -0.184. The van der Waals surface area contributed by atoms with Gasteiger partial charge >= 0.3 is 5.97 Å². The zero-order valence-corrected chi connectivity index (χ0v) is 8.07. The highest BCUT2D eigenvalue weighted by Gasteiger charge is 2.11. The molecule has 0 bridgehead atoms. The number of phenolic OH excluding ortho intramolecular Hbond substituents is 1. The smallest absolute Gasteiger partial charge is 0.307 e. The van der Waals surface area contributed by atoms with Gasteiger partial charge in [-0.25, -0.2) is 0 Å². The predicted octanol–water partition coefficient (Wildman–Crippen LogP) is 1.34. The van der Waals surface area contributed by atoms with Gasteiger partial charge in [0.1, 0.15) is 11.5 Å². The zero-order chi connectivity index (χ0) is 10.7. The number of aliphatic carboxylic acids is 1. The quantitative estimate of drug-likeness (QED) is 0.765. The fourth-order valence-corrected chi connectivity index (χ4v) is 1.26. The lowest BCUT2D eigenvalue weighted by Gasteiger charge is -2.09. The van der Waals surface area contributed by atoms with E-state index in [4.69, 9.17) is 9.84 Å². The summed E-state index contributed by atoms with van der Waals surface area (Å²) in [6.45, 7) is 1.68. The lowest BCUT2D eigenvalue weighted by atomic mass is 10.1. The van der Waals surface area contributed by atoms with Crippen LogP contribution in [0.15, 0.2) is 12.1 Å². The van der Waals surface area contributed by atoms with E-state index in [1.807, 2.05) is 0 Å². The summed E-state index contributed by atoms with van der Waals surface area (Å²) in [6, 6.07) is 3.20. The molecule has 0 atom stereocenters. The summed E-state index contributed by atoms with van der Waals surface area (Å²) in [5, 5.41) is 18.2. The summed E-state index contributed by atoms with van der Waals surface area (Å²) >= 11 is 0. The second-order valence-corrected chi connectivity index (χ2v) is 2.97. The minimum Gasteiger partial charge on any atom is -0.507 e. The van der Waals surface area contributed by atoms with Crippen molar-refractivity contribution >= 4 is 5.97 Å². The van der Waals surface area contributed by atoms with Crippen molar-refractivity contribution in [2.24, 2.45) is 0 Å². The van der Waals surface area contributed by atoms with E-state index in [-0.39, 0.29) is 12.2 Å². The highest BCUT2D eigenvalue weighted by Crippen LogP contribution is 2.30. The van der Waals surface area contributed by atoms with E-state index in [1.165, 1.54) is 7.11 Å². The number of benzene rings is 1. The Labute approximate surface area is 81.8 Å². The van der Waals surface area contributed by atoms with E-state index >= 15 is 0 Å². The van der Waals surface area contributed by atoms with Gasteiger partial charge in [-0.3, -0.25) is 4.79 Å². The first-order valence-electron chi connectivity index (χ1n) is 4.13. The van der Waals surface area contributed by atoms with Crippen LogP contribution in [0, 0.1) is 6.92 Å². The molecule has 0 aliphatic carbocycles. The molecular weight excluding hydrogens is 184 g/mol. The first-order chi connectivity index (χ1) is 6.56. The number of rotatable bonds is 3. The molecule has 1 rings (SSSR count). The minimum absolute atomic E-state index is 0.00764. The van der Waals surface area contributed by atoms with E-state index in [2.05, 4.69) is 0 Å². The molecule has 4 nitrogen and oxygen atoms in total. The molecule has 0 spiro atoms. The van der Waals surface area contributed by atoms with Gasteiger partial charge in [0.25, 0.3) is 0 Å². The van der Waals surface area contributed by atoms with Gasteiger partial charge in [-0.15, -0.1) is 0 Å². The molecule has 0 radical (unpaired) electrons. The summed E-state index contributed by atoms with van der Waals surface area (Å²) < 4.78 is 4.98. The molecule has 0 saturated carbocycles. The SMILES string of the molecule is COc1ccc(CC(=O)O)c(O)c1C. The average molecular weight is 196 g/mol. The Hall–Kier alpha value is -1.71. The van der Waals surface area contributed by atoms with Crippen LogP contribution >= 0.6 is 0 Å². The molecule has 0 saturated heterocycles. The van der Waals surface area contributed by atoms with Crippen LogP contribution in [0.2, 0.25) is 0 Å². The molecule has 0 aliphatic heterocycles. The van der Waals surface area contributed by atoms with Crippen LogP contribution in [0.1, 0.15) is 11.1 Å². The van der Waals surface area contributed by atoms with E-state index in [0.29, 0.717) is 16.9 Å². The van der Waals surface area contributed by atoms with Crippen LogP contribution < -0.4 is 4.74 Å². The molecule has 0 unspecified atom stereocenters. The Bertz CT molecular complexity index is 357. The van der Waals surface area contributed by atoms with Gasteiger partial charge < -0.3 is 14.9 Å². The molecule has 4 heteroatoms. The van der Waals surface area contributed by atoms with E-state index in [0.717, 1.165) is 0 Å². The molecule has 2 N–H and O–H groups in total. The topological polar surface area (TPSA) is 66.8 Å². The highest BCUT2D eigenvalue weighted by molar-refractivity contribution is 5.72. The van der Waals surface area contributed by atoms with E-state index in [1.54, 1.807) is 19.1 Å². The van der Waals surface area contributed by atoms with Gasteiger partial charge in [0.2, 0.25) is 0 Å². The van der Waals surface area contributed by atoms with Gasteiger partial charge in [-0.05, 0) is 13.0 Å². The Balaban J connectivity index is 3.10. The lowest BCUT2D eigenvalue weighted by molar-refractivity contribution is -0.136. The zero-order valence-electron chi connectivity index (χ0n) is 8.07. The van der Waals surface area contributed by atoms with Crippen LogP contribution in [0.5, 0.6) is 11.5 Å². The Kier molecular flexibility index (Phi) is 2.96. The third kappa shape index (κ3) is 1.96. The van der Waals surface area contributed by atoms with Crippen LogP contribution in [0.25, 0.3) is 0 Å². The van der Waals surface area contributed by atoms with Crippen molar-refractivity contribution in [3.05, 3.63) is 23.3 Å². The van der Waals surface area contributed by atoms with Gasteiger partial charge in [-0.1, -0.05) is 6.07 Å². The number of methoxy groups -OCH3 is 1. The summed E-state index contributed by atoms with van der Waals surface area (Å²) in [7, 11) is 1.50. The highest BCUT2D eigenvalue weighted by atomic mass is 16.5. The number of aromatic hydroxyl groups is 1. The van der Waals surface area contributed by atoms with E-state index < -0.39 is 5.97 Å². The van der Waals surface area contributed by atoms with Crippen molar-refractivity contribution in [3.63, 3.8) is 0 Å². The number of hydrogen-bond acceptors (Lipinski definition) is 3. The van der Waals surface area contributed by atoms with Crippen LogP contribution in [-0.4, -0.2) is 23.3 Å². The molecule has 0 aromatic heterocycles. The number of carboxylic acids is 1. The molecule has 1 aromatic carbocycles. The molecule has 0 amide bonds. The number of hydrogen-bond donors (Lipinski definition) is 2. The van der Waals surface area contributed by atoms with Crippen molar-refractivity contribution in [1.29, 1.82) is 0 Å². The molecular formula is C10H12O4. The Morgan fingerprint density at radius 2 is 2.14 bits per heavy atom. The fraction of sp³-hybridized carbons (Fsp3) is 0.300. The normalized spacial score (nSPS) is 9.86. The third-order valence-electron chi connectivity index (χ3n) is 2.03. The number of ether oxygens (including phenoxy) is 1. The average Bonchev–Trinajstić information content (AvgIpc) is 2.13. The maximum atomic E-state index is 10.4. The molecule has 0 fully saturated rings. The first-order valence-corrected chi connectivity index (χ1v) is 4.13. The second-order valence-electron chi connectivity index (χ2n) is 2.97. The predicted molar refractivity (Wildman–Crippen MR) is 50.7 cm³/mol. The van der Waals surface area contributed by atoms with Gasteiger partial charge in [0.15, 0.2) is 0 Å². The van der Waals surface area contributed by atoms with Gasteiger partial charge in [0.05, 0.1) is 13.5 Å². The van der Waals surface area contributed by atoms with Crippen molar-refractivity contribution in [1.82, 2.24) is 0 Å². The number of phenols is 1. The fourth-order valence-electron chi connectivity index (χ4n) is 1.26. The molecule has 14 heavy (non-hydrogen) atoms. The third-order valence-corrected chi connectivity index (χ3v) is 2.03. The number of carboxylic acid groups (broad SMARTS) is 1. The molecule has 76 valence electrons. The van der Waals surface area contributed by atoms with Crippen LogP contribution in [-0.2, 0) is 11.2 Å². The lowest BCUT2D eigenvalue weighted by Crippen LogP contribution is -2.01. The summed E-state index contributed by atoms with van der Waals surface area (Å²) in [5.74, 6) is -0.423. The number of carbonyl (C=O) groups is 1. The first kappa shape index (κ1) is 10.4. The largest absolute Gasteiger partial charge is 0.507 e. The van der Waals surface area contributed by atoms with Crippen LogP contribution in [0.3, 0.4) is 0 Å². The van der Waals surface area contributed by atoms with Crippen molar-refractivity contribution in [3.8, 4) is 11.5 Å². The van der Waals surface area contributed by atoms with Gasteiger partial charge in [0, 0.05) is 11.1 Å². The maximum Gasteiger partial charge on any atom is 0.307 e. The molecule has 1 aromatic rings. The maximum absolute atomic E-state index is 10.4. The van der Waals surface area contributed by atoms with Gasteiger partial charge in [-0.2, -0.15) is 0 Å². The Morgan fingerprint density at radius 1 is 1.50 bits per heavy atom. The summed E-state index contributed by atoms with van der Waals surface area (Å²) in [4.78, 5) is 10.4. The van der Waals surface area contributed by atoms with E-state index in [9.17, 15) is 9.90 Å². The van der Waals surface area contributed by atoms with Crippen LogP contribution in [0.4, 0.5) is 0 Å². The Morgan fingerprint density at radius 3 is 2.64 bits per heavy atom. The van der Waals surface area contributed by atoms with Crippen molar-refractivity contribution in [2.45, 2.75) is 13.3 Å². The van der Waals surface area contributed by atoms with Crippen molar-refractivity contribution < 1.29 is 19.7 Å². The van der Waals surface area contributed by atoms with Crippen molar-refractivity contribution in [2.75, 3.05) is 7.11 Å². The minimum atomic E-state index is -0.968. The monoisotopic (exact) mass is 196 g/mol. The molecule has 0 aliphatic rings. The molecule has 0 heterocycles. The summed E-state index contributed by atoms with van der Waals surface area (Å²) in [5.41, 5.74) is 0.960.